The number of rotatable bonds is 4. The highest BCUT2D eigenvalue weighted by atomic mass is 35.5. The van der Waals surface area contributed by atoms with Crippen LogP contribution in [0.2, 0.25) is 5.02 Å². The summed E-state index contributed by atoms with van der Waals surface area (Å²) in [7, 11) is 1.55. The Morgan fingerprint density at radius 2 is 2.05 bits per heavy atom. The Balaban J connectivity index is 2.20. The van der Waals surface area contributed by atoms with Crippen LogP contribution in [-0.4, -0.2) is 19.1 Å². The van der Waals surface area contributed by atoms with Crippen LogP contribution in [0.5, 0.6) is 5.75 Å². The van der Waals surface area contributed by atoms with E-state index in [1.54, 1.807) is 7.11 Å². The molecule has 1 fully saturated rings. The minimum absolute atomic E-state index is 0.0778. The Bertz CT molecular complexity index is 482. The fourth-order valence-electron chi connectivity index (χ4n) is 2.74. The number of ether oxygens (including phenoxy) is 1. The van der Waals surface area contributed by atoms with E-state index in [0.29, 0.717) is 16.3 Å². The highest BCUT2D eigenvalue weighted by Crippen LogP contribution is 2.31. The minimum atomic E-state index is -0.0778. The SMILES string of the molecule is CCc1cc(Cl)c(OC)c(C(=O)NC2CCCCC2)c1. The second kappa shape index (κ2) is 6.98. The predicted octanol–water partition coefficient (Wildman–Crippen LogP) is 3.97. The molecular formula is C16H22ClNO2. The van der Waals surface area contributed by atoms with E-state index >= 15 is 0 Å². The second-order valence-electron chi connectivity index (χ2n) is 5.32. The molecule has 0 radical (unpaired) electrons. The zero-order chi connectivity index (χ0) is 14.5. The lowest BCUT2D eigenvalue weighted by Gasteiger charge is -2.23. The molecule has 1 aromatic carbocycles. The molecule has 4 heteroatoms. The molecule has 1 aliphatic rings. The maximum Gasteiger partial charge on any atom is 0.255 e. The molecule has 0 unspecified atom stereocenters. The molecule has 0 saturated heterocycles. The molecule has 2 rings (SSSR count). The number of halogens is 1. The van der Waals surface area contributed by atoms with Crippen molar-refractivity contribution in [3.05, 3.63) is 28.3 Å². The van der Waals surface area contributed by atoms with Gasteiger partial charge in [0.15, 0.2) is 0 Å². The smallest absolute Gasteiger partial charge is 0.255 e. The van der Waals surface area contributed by atoms with Gasteiger partial charge in [0.2, 0.25) is 0 Å². The molecule has 20 heavy (non-hydrogen) atoms. The van der Waals surface area contributed by atoms with Crippen molar-refractivity contribution in [2.24, 2.45) is 0 Å². The van der Waals surface area contributed by atoms with Gasteiger partial charge in [0.25, 0.3) is 5.91 Å². The largest absolute Gasteiger partial charge is 0.494 e. The topological polar surface area (TPSA) is 38.3 Å². The van der Waals surface area contributed by atoms with E-state index in [-0.39, 0.29) is 11.9 Å². The van der Waals surface area contributed by atoms with Gasteiger partial charge in [-0.1, -0.05) is 37.8 Å². The molecule has 1 amide bonds. The molecule has 0 heterocycles. The third-order valence-corrected chi connectivity index (χ3v) is 4.18. The van der Waals surface area contributed by atoms with E-state index in [1.807, 2.05) is 19.1 Å². The van der Waals surface area contributed by atoms with Crippen molar-refractivity contribution in [1.82, 2.24) is 5.32 Å². The minimum Gasteiger partial charge on any atom is -0.494 e. The van der Waals surface area contributed by atoms with E-state index in [9.17, 15) is 4.79 Å². The summed E-state index contributed by atoms with van der Waals surface area (Å²) in [6, 6.07) is 4.02. The highest BCUT2D eigenvalue weighted by Gasteiger charge is 2.21. The van der Waals surface area contributed by atoms with E-state index in [4.69, 9.17) is 16.3 Å². The van der Waals surface area contributed by atoms with Crippen molar-refractivity contribution in [2.45, 2.75) is 51.5 Å². The molecule has 1 saturated carbocycles. The Hall–Kier alpha value is -1.22. The van der Waals surface area contributed by atoms with Gasteiger partial charge in [0, 0.05) is 6.04 Å². The number of hydrogen-bond acceptors (Lipinski definition) is 2. The zero-order valence-electron chi connectivity index (χ0n) is 12.2. The number of hydrogen-bond donors (Lipinski definition) is 1. The maximum absolute atomic E-state index is 12.5. The lowest BCUT2D eigenvalue weighted by atomic mass is 9.95. The average molecular weight is 296 g/mol. The summed E-state index contributed by atoms with van der Waals surface area (Å²) in [6.07, 6.45) is 6.63. The molecule has 3 nitrogen and oxygen atoms in total. The van der Waals surface area contributed by atoms with Crippen molar-refractivity contribution in [1.29, 1.82) is 0 Å². The van der Waals surface area contributed by atoms with E-state index < -0.39 is 0 Å². The first-order valence-electron chi connectivity index (χ1n) is 7.33. The fraction of sp³-hybridized carbons (Fsp3) is 0.562. The van der Waals surface area contributed by atoms with Crippen LogP contribution in [0.1, 0.15) is 54.9 Å². The lowest BCUT2D eigenvalue weighted by molar-refractivity contribution is 0.0924. The third-order valence-electron chi connectivity index (χ3n) is 3.90. The Kier molecular flexibility index (Phi) is 5.30. The Morgan fingerprint density at radius 3 is 2.65 bits per heavy atom. The third kappa shape index (κ3) is 3.45. The van der Waals surface area contributed by atoms with Gasteiger partial charge in [0.05, 0.1) is 17.7 Å². The quantitative estimate of drug-likeness (QED) is 0.912. The standard InChI is InChI=1S/C16H22ClNO2/c1-3-11-9-13(15(20-2)14(17)10-11)16(19)18-12-7-5-4-6-8-12/h9-10,12H,3-8H2,1-2H3,(H,18,19). The van der Waals surface area contributed by atoms with Gasteiger partial charge in [-0.15, -0.1) is 0 Å². The number of benzene rings is 1. The number of nitrogens with one attached hydrogen (secondary N) is 1. The summed E-state index contributed by atoms with van der Waals surface area (Å²) in [5, 5.41) is 3.61. The van der Waals surface area contributed by atoms with E-state index in [1.165, 1.54) is 19.3 Å². The van der Waals surface area contributed by atoms with Crippen molar-refractivity contribution >= 4 is 17.5 Å². The molecule has 0 aliphatic heterocycles. The van der Waals surface area contributed by atoms with Gasteiger partial charge in [-0.2, -0.15) is 0 Å². The van der Waals surface area contributed by atoms with Crippen LogP contribution in [0.25, 0.3) is 0 Å². The van der Waals surface area contributed by atoms with Gasteiger partial charge in [-0.3, -0.25) is 4.79 Å². The number of methoxy groups -OCH3 is 1. The van der Waals surface area contributed by atoms with Crippen molar-refractivity contribution < 1.29 is 9.53 Å². The first-order valence-corrected chi connectivity index (χ1v) is 7.70. The Morgan fingerprint density at radius 1 is 1.35 bits per heavy atom. The Labute approximate surface area is 125 Å². The van der Waals surface area contributed by atoms with E-state index in [0.717, 1.165) is 24.8 Å². The molecule has 1 aliphatic carbocycles. The van der Waals surface area contributed by atoms with Crippen LogP contribution < -0.4 is 10.1 Å². The molecule has 110 valence electrons. The summed E-state index contributed by atoms with van der Waals surface area (Å²) in [6.45, 7) is 2.04. The van der Waals surface area contributed by atoms with Gasteiger partial charge >= 0.3 is 0 Å². The molecule has 0 atom stereocenters. The lowest BCUT2D eigenvalue weighted by Crippen LogP contribution is -2.36. The van der Waals surface area contributed by atoms with Gasteiger partial charge in [0.1, 0.15) is 5.75 Å². The first-order chi connectivity index (χ1) is 9.65. The summed E-state index contributed by atoms with van der Waals surface area (Å²) >= 11 is 6.20. The van der Waals surface area contributed by atoms with Gasteiger partial charge in [-0.05, 0) is 37.0 Å². The molecule has 1 aromatic rings. The molecule has 0 spiro atoms. The van der Waals surface area contributed by atoms with Gasteiger partial charge in [-0.25, -0.2) is 0 Å². The average Bonchev–Trinajstić information content (AvgIpc) is 2.47. The molecular weight excluding hydrogens is 274 g/mol. The van der Waals surface area contributed by atoms with Crippen LogP contribution in [0, 0.1) is 0 Å². The normalized spacial score (nSPS) is 15.9. The maximum atomic E-state index is 12.5. The van der Waals surface area contributed by atoms with Crippen molar-refractivity contribution in [3.63, 3.8) is 0 Å². The predicted molar refractivity (Wildman–Crippen MR) is 81.7 cm³/mol. The van der Waals surface area contributed by atoms with Crippen LogP contribution in [0.3, 0.4) is 0 Å². The molecule has 0 aromatic heterocycles. The number of amides is 1. The van der Waals surface area contributed by atoms with Crippen molar-refractivity contribution in [2.75, 3.05) is 7.11 Å². The number of aryl methyl sites for hydroxylation is 1. The summed E-state index contributed by atoms with van der Waals surface area (Å²) in [4.78, 5) is 12.5. The highest BCUT2D eigenvalue weighted by molar-refractivity contribution is 6.32. The zero-order valence-corrected chi connectivity index (χ0v) is 12.9. The fourth-order valence-corrected chi connectivity index (χ4v) is 3.06. The monoisotopic (exact) mass is 295 g/mol. The number of carbonyl (C=O) groups excluding carboxylic acids is 1. The molecule has 1 N–H and O–H groups in total. The molecule has 0 bridgehead atoms. The van der Waals surface area contributed by atoms with Crippen LogP contribution in [0.4, 0.5) is 0 Å². The summed E-state index contributed by atoms with van der Waals surface area (Å²) in [5.41, 5.74) is 1.59. The van der Waals surface area contributed by atoms with Gasteiger partial charge < -0.3 is 10.1 Å². The van der Waals surface area contributed by atoms with E-state index in [2.05, 4.69) is 5.32 Å². The summed E-state index contributed by atoms with van der Waals surface area (Å²) < 4.78 is 5.29. The van der Waals surface area contributed by atoms with Crippen LogP contribution in [-0.2, 0) is 6.42 Å². The van der Waals surface area contributed by atoms with Crippen LogP contribution in [0.15, 0.2) is 12.1 Å². The van der Waals surface area contributed by atoms with Crippen LogP contribution >= 0.6 is 11.6 Å². The first kappa shape index (κ1) is 15.2. The number of carbonyl (C=O) groups is 1. The second-order valence-corrected chi connectivity index (χ2v) is 5.73. The summed E-state index contributed by atoms with van der Waals surface area (Å²) in [5.74, 6) is 0.392. The van der Waals surface area contributed by atoms with Crippen molar-refractivity contribution in [3.8, 4) is 5.75 Å².